The van der Waals surface area contributed by atoms with Crippen molar-refractivity contribution in [1.82, 2.24) is 9.80 Å². The summed E-state index contributed by atoms with van der Waals surface area (Å²) in [6.07, 6.45) is 1.55. The van der Waals surface area contributed by atoms with Crippen LogP contribution in [-0.2, 0) is 9.53 Å². The molecule has 5 nitrogen and oxygen atoms in total. The molecule has 2 atom stereocenters. The van der Waals surface area contributed by atoms with E-state index in [1.807, 2.05) is 9.80 Å². The molecule has 0 radical (unpaired) electrons. The highest BCUT2D eigenvalue weighted by Crippen LogP contribution is 2.32. The summed E-state index contributed by atoms with van der Waals surface area (Å²) in [5, 5.41) is 0. The lowest BCUT2D eigenvalue weighted by Crippen LogP contribution is -2.58. The summed E-state index contributed by atoms with van der Waals surface area (Å²) in [6, 6.07) is 6.72. The van der Waals surface area contributed by atoms with Crippen LogP contribution in [0.15, 0.2) is 18.2 Å². The summed E-state index contributed by atoms with van der Waals surface area (Å²) in [5.41, 5.74) is 3.95. The molecule has 0 N–H and O–H groups in total. The molecule has 0 spiro atoms. The van der Waals surface area contributed by atoms with Gasteiger partial charge >= 0.3 is 6.03 Å². The number of piperidine rings is 1. The van der Waals surface area contributed by atoms with Crippen molar-refractivity contribution in [3.63, 3.8) is 0 Å². The number of carbonyl (C=O) groups is 2. The number of carbonyl (C=O) groups excluding carboxylic acids is 2. The first-order chi connectivity index (χ1) is 12.0. The zero-order chi connectivity index (χ0) is 17.6. The number of hydrogen-bond donors (Lipinski definition) is 0. The average Bonchev–Trinajstić information content (AvgIpc) is 2.56. The molecule has 4 rings (SSSR count). The summed E-state index contributed by atoms with van der Waals surface area (Å²) in [4.78, 5) is 28.2. The van der Waals surface area contributed by atoms with Gasteiger partial charge in [0, 0.05) is 44.4 Å². The van der Waals surface area contributed by atoms with Crippen LogP contribution >= 0.6 is 0 Å². The number of ketones is 1. The van der Waals surface area contributed by atoms with Crippen LogP contribution in [0.25, 0.3) is 0 Å². The van der Waals surface area contributed by atoms with E-state index in [2.05, 4.69) is 32.0 Å². The Morgan fingerprint density at radius 3 is 2.68 bits per heavy atom. The first-order valence-corrected chi connectivity index (χ1v) is 9.25. The van der Waals surface area contributed by atoms with Gasteiger partial charge in [0.2, 0.25) is 0 Å². The Hall–Kier alpha value is -1.88. The number of rotatable bonds is 1. The predicted molar refractivity (Wildman–Crippen MR) is 94.7 cm³/mol. The molecule has 3 aliphatic rings. The van der Waals surface area contributed by atoms with Gasteiger partial charge in [-0.3, -0.25) is 4.79 Å². The first kappa shape index (κ1) is 16.6. The summed E-state index contributed by atoms with van der Waals surface area (Å²) in [6.45, 7) is 7.48. The number of Topliss-reactive ketones (excluding diaryl/α,β-unsaturated/α-hetero) is 1. The van der Waals surface area contributed by atoms with Crippen LogP contribution in [0.3, 0.4) is 0 Å². The maximum atomic E-state index is 12.8. The largest absolute Gasteiger partial charge is 0.370 e. The van der Waals surface area contributed by atoms with E-state index in [0.717, 1.165) is 26.1 Å². The molecule has 3 aliphatic heterocycles. The van der Waals surface area contributed by atoms with Gasteiger partial charge in [0.05, 0.1) is 6.10 Å². The minimum Gasteiger partial charge on any atom is -0.370 e. The van der Waals surface area contributed by atoms with E-state index in [-0.39, 0.29) is 30.4 Å². The maximum Gasteiger partial charge on any atom is 0.320 e. The molecule has 3 heterocycles. The molecular formula is C20H26N2O3. The van der Waals surface area contributed by atoms with Gasteiger partial charge in [0.1, 0.15) is 6.61 Å². The van der Waals surface area contributed by atoms with Crippen LogP contribution in [-0.4, -0.2) is 60.5 Å². The molecule has 25 heavy (non-hydrogen) atoms. The second-order valence-corrected chi connectivity index (χ2v) is 7.82. The summed E-state index contributed by atoms with van der Waals surface area (Å²) < 4.78 is 5.62. The molecule has 1 aromatic rings. The fourth-order valence-electron chi connectivity index (χ4n) is 4.22. The number of hydrogen-bond acceptors (Lipinski definition) is 3. The topological polar surface area (TPSA) is 49.9 Å². The van der Waals surface area contributed by atoms with E-state index >= 15 is 0 Å². The van der Waals surface area contributed by atoms with E-state index < -0.39 is 0 Å². The van der Waals surface area contributed by atoms with Gasteiger partial charge in [0.15, 0.2) is 5.78 Å². The van der Waals surface area contributed by atoms with Gasteiger partial charge in [0.25, 0.3) is 0 Å². The number of ether oxygens (including phenoxy) is 1. The molecule has 3 fully saturated rings. The third-order valence-electron chi connectivity index (χ3n) is 6.04. The normalized spacial score (nSPS) is 27.0. The van der Waals surface area contributed by atoms with E-state index in [4.69, 9.17) is 4.74 Å². The number of nitrogens with zero attached hydrogens (tertiary/aromatic N) is 2. The molecule has 1 aromatic carbocycles. The zero-order valence-electron chi connectivity index (χ0n) is 15.0. The highest BCUT2D eigenvalue weighted by atomic mass is 16.5. The van der Waals surface area contributed by atoms with Crippen molar-refractivity contribution in [3.05, 3.63) is 34.9 Å². The Bertz CT molecular complexity index is 696. The third-order valence-corrected chi connectivity index (χ3v) is 6.04. The minimum absolute atomic E-state index is 0.122. The predicted octanol–water partition coefficient (Wildman–Crippen LogP) is 2.50. The molecule has 0 aliphatic carbocycles. The summed E-state index contributed by atoms with van der Waals surface area (Å²) >= 11 is 0. The van der Waals surface area contributed by atoms with Gasteiger partial charge in [-0.1, -0.05) is 18.2 Å². The van der Waals surface area contributed by atoms with Crippen molar-refractivity contribution < 1.29 is 14.3 Å². The molecule has 134 valence electrons. The first-order valence-electron chi connectivity index (χ1n) is 9.25. The van der Waals surface area contributed by atoms with Crippen LogP contribution in [0, 0.1) is 19.8 Å². The molecule has 0 bridgehead atoms. The highest BCUT2D eigenvalue weighted by molar-refractivity contribution is 5.81. The lowest BCUT2D eigenvalue weighted by molar-refractivity contribution is -0.140. The molecule has 5 heteroatoms. The Balaban J connectivity index is 1.34. The Morgan fingerprint density at radius 2 is 1.92 bits per heavy atom. The quantitative estimate of drug-likeness (QED) is 0.788. The number of aryl methyl sites for hydroxylation is 2. The van der Waals surface area contributed by atoms with Crippen molar-refractivity contribution >= 4 is 11.8 Å². The smallest absolute Gasteiger partial charge is 0.320 e. The standard InChI is InChI=1S/C20H26N2O3/c1-13-3-4-15(7-14(13)2)17-10-22(11-17)20(24)21-6-5-19-16(9-21)8-18(23)12-25-19/h3-4,7,16-17,19H,5-6,8-12H2,1-2H3/t16-,19+/m1/s1. The molecule has 0 saturated carbocycles. The minimum atomic E-state index is 0.122. The van der Waals surface area contributed by atoms with Gasteiger partial charge in [-0.25, -0.2) is 4.79 Å². The fraction of sp³-hybridized carbons (Fsp3) is 0.600. The van der Waals surface area contributed by atoms with Crippen LogP contribution in [0.4, 0.5) is 4.79 Å². The zero-order valence-corrected chi connectivity index (χ0v) is 15.0. The number of fused-ring (bicyclic) bond motifs is 1. The van der Waals surface area contributed by atoms with E-state index in [1.165, 1.54) is 16.7 Å². The lowest BCUT2D eigenvalue weighted by atomic mass is 9.87. The second kappa shape index (κ2) is 6.45. The molecule has 0 aromatic heterocycles. The number of benzene rings is 1. The highest BCUT2D eigenvalue weighted by Gasteiger charge is 2.40. The second-order valence-electron chi connectivity index (χ2n) is 7.82. The van der Waals surface area contributed by atoms with Gasteiger partial charge < -0.3 is 14.5 Å². The van der Waals surface area contributed by atoms with Crippen LogP contribution in [0.2, 0.25) is 0 Å². The monoisotopic (exact) mass is 342 g/mol. The van der Waals surface area contributed by atoms with Gasteiger partial charge in [-0.15, -0.1) is 0 Å². The van der Waals surface area contributed by atoms with Crippen molar-refractivity contribution in [2.75, 3.05) is 32.8 Å². The van der Waals surface area contributed by atoms with Crippen LogP contribution < -0.4 is 0 Å². The van der Waals surface area contributed by atoms with Crippen LogP contribution in [0.1, 0.15) is 35.4 Å². The average molecular weight is 342 g/mol. The van der Waals surface area contributed by atoms with Gasteiger partial charge in [-0.2, -0.15) is 0 Å². The number of urea groups is 1. The molecule has 2 amide bonds. The van der Waals surface area contributed by atoms with E-state index in [0.29, 0.717) is 18.9 Å². The maximum absolute atomic E-state index is 12.8. The Kier molecular flexibility index (Phi) is 4.28. The summed E-state index contributed by atoms with van der Waals surface area (Å²) in [7, 11) is 0. The third kappa shape index (κ3) is 3.17. The Morgan fingerprint density at radius 1 is 1.12 bits per heavy atom. The summed E-state index contributed by atoms with van der Waals surface area (Å²) in [5.74, 6) is 0.783. The van der Waals surface area contributed by atoms with Crippen LogP contribution in [0.5, 0.6) is 0 Å². The SMILES string of the molecule is Cc1ccc(C2CN(C(=O)N3CC[C@@H]4OCC(=O)C[C@@H]4C3)C2)cc1C. The van der Waals surface area contributed by atoms with E-state index in [1.54, 1.807) is 0 Å². The van der Waals surface area contributed by atoms with Crippen molar-refractivity contribution in [3.8, 4) is 0 Å². The van der Waals surface area contributed by atoms with Crippen molar-refractivity contribution in [2.45, 2.75) is 38.7 Å². The van der Waals surface area contributed by atoms with Crippen molar-refractivity contribution in [2.24, 2.45) is 5.92 Å². The number of amides is 2. The lowest BCUT2D eigenvalue weighted by Gasteiger charge is -2.46. The fourth-order valence-corrected chi connectivity index (χ4v) is 4.22. The van der Waals surface area contributed by atoms with Crippen molar-refractivity contribution in [1.29, 1.82) is 0 Å². The molecular weight excluding hydrogens is 316 g/mol. The Labute approximate surface area is 148 Å². The van der Waals surface area contributed by atoms with Gasteiger partial charge in [-0.05, 0) is 37.0 Å². The van der Waals surface area contributed by atoms with E-state index in [9.17, 15) is 9.59 Å². The molecule has 0 unspecified atom stereocenters. The number of likely N-dealkylation sites (tertiary alicyclic amines) is 2. The molecule has 3 saturated heterocycles.